The highest BCUT2D eigenvalue weighted by atomic mass is 35.5. The number of carbonyl (C=O) groups is 1. The van der Waals surface area contributed by atoms with E-state index in [9.17, 15) is 14.3 Å². The van der Waals surface area contributed by atoms with E-state index in [-0.39, 0.29) is 11.4 Å². The average molecular weight is 342 g/mol. The van der Waals surface area contributed by atoms with Crippen LogP contribution in [0.3, 0.4) is 0 Å². The molecule has 0 amide bonds. The third-order valence-electron chi connectivity index (χ3n) is 3.76. The van der Waals surface area contributed by atoms with Gasteiger partial charge < -0.3 is 5.11 Å². The quantitative estimate of drug-likeness (QED) is 0.711. The lowest BCUT2D eigenvalue weighted by molar-refractivity contribution is 0.0696. The monoisotopic (exact) mass is 341 g/mol. The lowest BCUT2D eigenvalue weighted by Crippen LogP contribution is -2.04. The van der Waals surface area contributed by atoms with Gasteiger partial charge in [-0.05, 0) is 55.0 Å². The van der Waals surface area contributed by atoms with Gasteiger partial charge in [0.15, 0.2) is 0 Å². The molecule has 2 aromatic carbocycles. The zero-order valence-corrected chi connectivity index (χ0v) is 13.5. The number of benzene rings is 2. The molecular formula is C19H13ClFNO2. The molecule has 0 unspecified atom stereocenters. The van der Waals surface area contributed by atoms with Crippen molar-refractivity contribution in [1.29, 1.82) is 0 Å². The first-order valence-electron chi connectivity index (χ1n) is 7.22. The van der Waals surface area contributed by atoms with Crippen LogP contribution in [-0.4, -0.2) is 16.1 Å². The van der Waals surface area contributed by atoms with Crippen molar-refractivity contribution >= 4 is 17.6 Å². The Morgan fingerprint density at radius 3 is 2.21 bits per heavy atom. The standard InChI is InChI=1S/C19H13ClFNO2/c1-11-16(19(23)24)10-17(12-4-8-15(21)9-5-12)22-18(11)13-2-6-14(20)7-3-13/h2-10H,1H3,(H,23,24). The number of rotatable bonds is 3. The van der Waals surface area contributed by atoms with E-state index in [4.69, 9.17) is 11.6 Å². The second kappa shape index (κ2) is 6.42. The van der Waals surface area contributed by atoms with Gasteiger partial charge >= 0.3 is 5.97 Å². The highest BCUT2D eigenvalue weighted by molar-refractivity contribution is 6.30. The van der Waals surface area contributed by atoms with Crippen molar-refractivity contribution in [1.82, 2.24) is 4.98 Å². The topological polar surface area (TPSA) is 50.2 Å². The maximum Gasteiger partial charge on any atom is 0.336 e. The van der Waals surface area contributed by atoms with Gasteiger partial charge in [-0.1, -0.05) is 23.7 Å². The molecule has 0 aliphatic heterocycles. The molecule has 120 valence electrons. The molecule has 0 bridgehead atoms. The van der Waals surface area contributed by atoms with E-state index in [0.29, 0.717) is 27.5 Å². The van der Waals surface area contributed by atoms with Crippen LogP contribution >= 0.6 is 11.6 Å². The Bertz CT molecular complexity index is 906. The summed E-state index contributed by atoms with van der Waals surface area (Å²) in [6, 6.07) is 14.3. The van der Waals surface area contributed by atoms with Crippen molar-refractivity contribution in [3.63, 3.8) is 0 Å². The summed E-state index contributed by atoms with van der Waals surface area (Å²) in [5, 5.41) is 10.1. The van der Waals surface area contributed by atoms with Crippen molar-refractivity contribution in [3.8, 4) is 22.5 Å². The average Bonchev–Trinajstić information content (AvgIpc) is 2.56. The van der Waals surface area contributed by atoms with Crippen molar-refractivity contribution in [3.05, 3.63) is 76.6 Å². The minimum absolute atomic E-state index is 0.161. The number of pyridine rings is 1. The highest BCUT2D eigenvalue weighted by Crippen LogP contribution is 2.29. The van der Waals surface area contributed by atoms with Crippen LogP contribution in [-0.2, 0) is 0 Å². The van der Waals surface area contributed by atoms with E-state index in [1.165, 1.54) is 18.2 Å². The maximum atomic E-state index is 13.1. The Morgan fingerprint density at radius 1 is 1.04 bits per heavy atom. The molecule has 0 aliphatic carbocycles. The van der Waals surface area contributed by atoms with Crippen molar-refractivity contribution in [2.75, 3.05) is 0 Å². The summed E-state index contributed by atoms with van der Waals surface area (Å²) in [4.78, 5) is 16.2. The van der Waals surface area contributed by atoms with E-state index in [1.54, 1.807) is 43.3 Å². The van der Waals surface area contributed by atoms with Crippen LogP contribution in [0.2, 0.25) is 5.02 Å². The Morgan fingerprint density at radius 2 is 1.62 bits per heavy atom. The third-order valence-corrected chi connectivity index (χ3v) is 4.01. The number of carboxylic acids is 1. The summed E-state index contributed by atoms with van der Waals surface area (Å²) in [5.74, 6) is -1.39. The Hall–Kier alpha value is -2.72. The molecule has 0 atom stereocenters. The number of carboxylic acid groups (broad SMARTS) is 1. The van der Waals surface area contributed by atoms with Gasteiger partial charge in [-0.2, -0.15) is 0 Å². The van der Waals surface area contributed by atoms with Crippen LogP contribution in [0.15, 0.2) is 54.6 Å². The Labute approximate surface area is 143 Å². The maximum absolute atomic E-state index is 13.1. The number of hydrogen-bond acceptors (Lipinski definition) is 2. The molecule has 0 radical (unpaired) electrons. The summed E-state index contributed by atoms with van der Waals surface area (Å²) >= 11 is 5.91. The van der Waals surface area contributed by atoms with E-state index >= 15 is 0 Å². The fourth-order valence-electron chi connectivity index (χ4n) is 2.49. The first-order chi connectivity index (χ1) is 11.5. The summed E-state index contributed by atoms with van der Waals surface area (Å²) < 4.78 is 13.1. The van der Waals surface area contributed by atoms with Crippen molar-refractivity contribution in [2.24, 2.45) is 0 Å². The van der Waals surface area contributed by atoms with E-state index in [2.05, 4.69) is 4.98 Å². The van der Waals surface area contributed by atoms with Gasteiger partial charge in [-0.25, -0.2) is 14.2 Å². The SMILES string of the molecule is Cc1c(C(=O)O)cc(-c2ccc(F)cc2)nc1-c1ccc(Cl)cc1. The fraction of sp³-hybridized carbons (Fsp3) is 0.0526. The fourth-order valence-corrected chi connectivity index (χ4v) is 2.61. The molecule has 0 saturated carbocycles. The number of aromatic carboxylic acids is 1. The van der Waals surface area contributed by atoms with Gasteiger partial charge in [0.05, 0.1) is 17.0 Å². The number of nitrogens with zero attached hydrogens (tertiary/aromatic N) is 1. The van der Waals surface area contributed by atoms with Gasteiger partial charge in [0, 0.05) is 16.1 Å². The van der Waals surface area contributed by atoms with Gasteiger partial charge in [-0.15, -0.1) is 0 Å². The first-order valence-corrected chi connectivity index (χ1v) is 7.60. The molecule has 24 heavy (non-hydrogen) atoms. The molecule has 1 heterocycles. The number of halogens is 2. The van der Waals surface area contributed by atoms with Crippen LogP contribution in [0.1, 0.15) is 15.9 Å². The zero-order chi connectivity index (χ0) is 17.3. The molecule has 0 aliphatic rings. The van der Waals surface area contributed by atoms with E-state index < -0.39 is 5.97 Å². The van der Waals surface area contributed by atoms with E-state index in [1.807, 2.05) is 0 Å². The molecular weight excluding hydrogens is 329 g/mol. The van der Waals surface area contributed by atoms with Crippen LogP contribution in [0.25, 0.3) is 22.5 Å². The Kier molecular flexibility index (Phi) is 4.32. The molecule has 5 heteroatoms. The minimum Gasteiger partial charge on any atom is -0.478 e. The molecule has 0 fully saturated rings. The van der Waals surface area contributed by atoms with Crippen molar-refractivity contribution in [2.45, 2.75) is 6.92 Å². The van der Waals surface area contributed by atoms with E-state index in [0.717, 1.165) is 5.56 Å². The second-order valence-electron chi connectivity index (χ2n) is 5.35. The summed E-state index contributed by atoms with van der Waals surface area (Å²) in [6.07, 6.45) is 0. The van der Waals surface area contributed by atoms with Crippen LogP contribution in [0.4, 0.5) is 4.39 Å². The molecule has 1 N–H and O–H groups in total. The van der Waals surface area contributed by atoms with Gasteiger partial charge in [0.1, 0.15) is 5.82 Å². The summed E-state index contributed by atoms with van der Waals surface area (Å²) in [5.41, 5.74) is 3.18. The van der Waals surface area contributed by atoms with Crippen LogP contribution in [0.5, 0.6) is 0 Å². The third kappa shape index (κ3) is 3.14. The molecule has 3 rings (SSSR count). The number of aromatic nitrogens is 1. The second-order valence-corrected chi connectivity index (χ2v) is 5.78. The van der Waals surface area contributed by atoms with Gasteiger partial charge in [0.25, 0.3) is 0 Å². The lowest BCUT2D eigenvalue weighted by Gasteiger charge is -2.12. The zero-order valence-electron chi connectivity index (χ0n) is 12.8. The van der Waals surface area contributed by atoms with Gasteiger partial charge in [-0.3, -0.25) is 0 Å². The predicted octanol–water partition coefficient (Wildman–Crippen LogP) is 5.21. The molecule has 3 aromatic rings. The minimum atomic E-state index is -1.03. The number of hydrogen-bond donors (Lipinski definition) is 1. The van der Waals surface area contributed by atoms with Gasteiger partial charge in [0.2, 0.25) is 0 Å². The van der Waals surface area contributed by atoms with Crippen LogP contribution < -0.4 is 0 Å². The molecule has 1 aromatic heterocycles. The molecule has 0 saturated heterocycles. The smallest absolute Gasteiger partial charge is 0.336 e. The Balaban J connectivity index is 2.22. The summed E-state index contributed by atoms with van der Waals surface area (Å²) in [6.45, 7) is 1.72. The molecule has 0 spiro atoms. The first kappa shape index (κ1) is 16.1. The van der Waals surface area contributed by atoms with Crippen LogP contribution in [0, 0.1) is 12.7 Å². The lowest BCUT2D eigenvalue weighted by atomic mass is 9.99. The summed E-state index contributed by atoms with van der Waals surface area (Å²) in [7, 11) is 0. The highest BCUT2D eigenvalue weighted by Gasteiger charge is 2.16. The van der Waals surface area contributed by atoms with Crippen molar-refractivity contribution < 1.29 is 14.3 Å². The predicted molar refractivity (Wildman–Crippen MR) is 91.8 cm³/mol. The normalized spacial score (nSPS) is 10.6. The molecule has 3 nitrogen and oxygen atoms in total. The largest absolute Gasteiger partial charge is 0.478 e.